The molecule has 0 rings (SSSR count). The van der Waals surface area contributed by atoms with Gasteiger partial charge in [0.2, 0.25) is 0 Å². The summed E-state index contributed by atoms with van der Waals surface area (Å²) in [6.07, 6.45) is 0. The minimum atomic E-state index is -1.08. The Kier molecular flexibility index (Phi) is 30.8. The van der Waals surface area contributed by atoms with Crippen LogP contribution in [-0.2, 0) is 29.1 Å². The fourth-order valence-corrected chi connectivity index (χ4v) is 0. The van der Waals surface area contributed by atoms with Gasteiger partial charge in [-0.05, 0) is 20.8 Å². The molecule has 72 valence electrons. The predicted octanol–water partition coefficient (Wildman–Crippen LogP) is -2.20. The molecule has 0 unspecified atom stereocenters. The van der Waals surface area contributed by atoms with Crippen molar-refractivity contribution in [1.82, 2.24) is 0 Å². The second-order valence-corrected chi connectivity index (χ2v) is 2.24. The molecule has 7 heteroatoms. The van der Waals surface area contributed by atoms with Crippen LogP contribution < -0.4 is 15.9 Å². The van der Waals surface area contributed by atoms with Crippen LogP contribution in [0.15, 0.2) is 0 Å². The fraction of sp³-hybridized carbons (Fsp3) is 0.500. The predicted molar refractivity (Wildman–Crippen MR) is 43.8 cm³/mol. The third-order valence-corrected chi connectivity index (χ3v) is 0. The SMILES string of the molecule is CC(=O)[O-].CC(=O)[O-].CC(N)=S.[Zn+2]. The van der Waals surface area contributed by atoms with Gasteiger partial charge in [0.1, 0.15) is 0 Å². The van der Waals surface area contributed by atoms with Crippen molar-refractivity contribution >= 4 is 29.1 Å². The van der Waals surface area contributed by atoms with Gasteiger partial charge in [0.05, 0.1) is 4.99 Å². The van der Waals surface area contributed by atoms with Crippen LogP contribution >= 0.6 is 12.2 Å². The quantitative estimate of drug-likeness (QED) is 0.390. The van der Waals surface area contributed by atoms with Crippen LogP contribution in [0.2, 0.25) is 0 Å². The van der Waals surface area contributed by atoms with Gasteiger partial charge in [0.25, 0.3) is 0 Å². The molecule has 0 aromatic carbocycles. The Bertz CT molecular complexity index is 122. The second-order valence-electron chi connectivity index (χ2n) is 1.59. The maximum Gasteiger partial charge on any atom is 2.00 e. The molecule has 0 heterocycles. The van der Waals surface area contributed by atoms with Crippen LogP contribution in [0.5, 0.6) is 0 Å². The van der Waals surface area contributed by atoms with Crippen molar-refractivity contribution in [2.24, 2.45) is 5.73 Å². The number of carboxylic acids is 2. The number of carboxylic acid groups (broad SMARTS) is 2. The molecule has 5 nitrogen and oxygen atoms in total. The number of carbonyl (C=O) groups is 2. The molecule has 0 atom stereocenters. The van der Waals surface area contributed by atoms with E-state index >= 15 is 0 Å². The first-order chi connectivity index (χ1) is 5.20. The third kappa shape index (κ3) is 3430. The zero-order valence-electron chi connectivity index (χ0n) is 7.83. The number of aliphatic carboxylic acids is 2. The molecule has 0 spiro atoms. The van der Waals surface area contributed by atoms with Crippen molar-refractivity contribution in [2.45, 2.75) is 20.8 Å². The van der Waals surface area contributed by atoms with Crippen LogP contribution in [0, 0.1) is 0 Å². The van der Waals surface area contributed by atoms with E-state index in [0.717, 1.165) is 13.8 Å². The number of thiocarbonyl (C=S) groups is 1. The van der Waals surface area contributed by atoms with Crippen molar-refractivity contribution in [3.05, 3.63) is 0 Å². The van der Waals surface area contributed by atoms with E-state index < -0.39 is 11.9 Å². The molecule has 0 aliphatic carbocycles. The molecule has 0 fully saturated rings. The topological polar surface area (TPSA) is 106 Å². The second kappa shape index (κ2) is 17.5. The average Bonchev–Trinajstić information content (AvgIpc) is 1.54. The van der Waals surface area contributed by atoms with Crippen molar-refractivity contribution < 1.29 is 39.3 Å². The molecular formula is C6H11NO4SZn. The van der Waals surface area contributed by atoms with Gasteiger partial charge in [0, 0.05) is 11.9 Å². The maximum atomic E-state index is 8.89. The Balaban J connectivity index is -0.0000000450. The first-order valence-electron chi connectivity index (χ1n) is 2.81. The molecular weight excluding hydrogens is 248 g/mol. The van der Waals surface area contributed by atoms with Gasteiger partial charge in [-0.15, -0.1) is 0 Å². The number of hydrogen-bond donors (Lipinski definition) is 1. The Hall–Kier alpha value is -0.547. The van der Waals surface area contributed by atoms with Gasteiger partial charge >= 0.3 is 19.5 Å². The van der Waals surface area contributed by atoms with Crippen molar-refractivity contribution in [3.63, 3.8) is 0 Å². The molecule has 2 N–H and O–H groups in total. The molecule has 13 heavy (non-hydrogen) atoms. The Morgan fingerprint density at radius 3 is 1.08 bits per heavy atom. The van der Waals surface area contributed by atoms with E-state index in [0.29, 0.717) is 4.99 Å². The van der Waals surface area contributed by atoms with Gasteiger partial charge in [-0.1, -0.05) is 12.2 Å². The number of nitrogens with two attached hydrogens (primary N) is 1. The van der Waals surface area contributed by atoms with Gasteiger partial charge in [-0.3, -0.25) is 0 Å². The molecule has 0 aromatic heterocycles. The van der Waals surface area contributed by atoms with E-state index in [-0.39, 0.29) is 19.5 Å². The normalized spacial score (nSPS) is 5.77. The first kappa shape index (κ1) is 22.9. The average molecular weight is 259 g/mol. The van der Waals surface area contributed by atoms with Crippen molar-refractivity contribution in [1.29, 1.82) is 0 Å². The molecule has 0 saturated carbocycles. The molecule has 0 bridgehead atoms. The standard InChI is InChI=1S/C2H5NS.2C2H4O2.Zn/c3*1-2(3)4;/h1H3,(H2,3,4);2*1H3,(H,3,4);/q;;;+2/p-2. The summed E-state index contributed by atoms with van der Waals surface area (Å²) < 4.78 is 0. The van der Waals surface area contributed by atoms with E-state index in [9.17, 15) is 0 Å². The molecule has 0 saturated heterocycles. The van der Waals surface area contributed by atoms with E-state index in [4.69, 9.17) is 25.5 Å². The molecule has 0 radical (unpaired) electrons. The third-order valence-electron chi connectivity index (χ3n) is 0. The van der Waals surface area contributed by atoms with E-state index in [2.05, 4.69) is 12.2 Å². The number of carbonyl (C=O) groups excluding carboxylic acids is 2. The van der Waals surface area contributed by atoms with Gasteiger partial charge < -0.3 is 25.5 Å². The fourth-order valence-electron chi connectivity index (χ4n) is 0. The summed E-state index contributed by atoms with van der Waals surface area (Å²) >= 11 is 4.31. The van der Waals surface area contributed by atoms with E-state index in [1.165, 1.54) is 0 Å². The molecule has 0 aromatic rings. The summed E-state index contributed by atoms with van der Waals surface area (Å²) in [5.41, 5.74) is 4.84. The Labute approximate surface area is 95.1 Å². The van der Waals surface area contributed by atoms with Crippen LogP contribution in [0.25, 0.3) is 0 Å². The summed E-state index contributed by atoms with van der Waals surface area (Å²) in [5.74, 6) is -2.17. The van der Waals surface area contributed by atoms with Crippen LogP contribution in [0.4, 0.5) is 0 Å². The number of rotatable bonds is 0. The summed E-state index contributed by atoms with van der Waals surface area (Å²) in [5, 5.41) is 17.8. The Morgan fingerprint density at radius 2 is 1.08 bits per heavy atom. The van der Waals surface area contributed by atoms with Gasteiger partial charge in [-0.25, -0.2) is 0 Å². The van der Waals surface area contributed by atoms with Gasteiger partial charge in [-0.2, -0.15) is 0 Å². The number of hydrogen-bond acceptors (Lipinski definition) is 5. The van der Waals surface area contributed by atoms with Crippen molar-refractivity contribution in [3.8, 4) is 0 Å². The minimum Gasteiger partial charge on any atom is -0.550 e. The zero-order valence-corrected chi connectivity index (χ0v) is 11.6. The molecule has 0 amide bonds. The minimum absolute atomic E-state index is 0. The molecule has 0 aliphatic heterocycles. The maximum absolute atomic E-state index is 8.89. The summed E-state index contributed by atoms with van der Waals surface area (Å²) in [6.45, 7) is 3.62. The smallest absolute Gasteiger partial charge is 0.550 e. The van der Waals surface area contributed by atoms with E-state index in [1.807, 2.05) is 0 Å². The van der Waals surface area contributed by atoms with Crippen LogP contribution in [0.3, 0.4) is 0 Å². The zero-order chi connectivity index (χ0) is 10.7. The largest absolute Gasteiger partial charge is 2.00 e. The van der Waals surface area contributed by atoms with E-state index in [1.54, 1.807) is 6.92 Å². The van der Waals surface area contributed by atoms with Crippen LogP contribution in [-0.4, -0.2) is 16.9 Å². The summed E-state index contributed by atoms with van der Waals surface area (Å²) in [7, 11) is 0. The summed E-state index contributed by atoms with van der Waals surface area (Å²) in [6, 6.07) is 0. The monoisotopic (exact) mass is 257 g/mol. The first-order valence-corrected chi connectivity index (χ1v) is 3.22. The van der Waals surface area contributed by atoms with Gasteiger partial charge in [0.15, 0.2) is 0 Å². The molecule has 0 aliphatic rings. The Morgan fingerprint density at radius 1 is 1.08 bits per heavy atom. The van der Waals surface area contributed by atoms with Crippen molar-refractivity contribution in [2.75, 3.05) is 0 Å². The van der Waals surface area contributed by atoms with Crippen LogP contribution in [0.1, 0.15) is 20.8 Å². The summed E-state index contributed by atoms with van der Waals surface area (Å²) in [4.78, 5) is 18.3.